The van der Waals surface area contributed by atoms with Crippen molar-refractivity contribution >= 4 is 23.2 Å². The average molecular weight is 269 g/mol. The summed E-state index contributed by atoms with van der Waals surface area (Å²) in [6.45, 7) is 3.03. The molecule has 2 rings (SSSR count). The molecule has 0 aliphatic carbocycles. The van der Waals surface area contributed by atoms with Crippen LogP contribution in [-0.4, -0.2) is 31.2 Å². The number of ether oxygens (including phenoxy) is 1. The maximum absolute atomic E-state index is 11.8. The first-order valence-electron chi connectivity index (χ1n) is 6.06. The molecular weight excluding hydrogens is 252 g/mol. The topological polar surface area (TPSA) is 50.4 Å². The van der Waals surface area contributed by atoms with E-state index in [1.807, 2.05) is 19.1 Å². The quantitative estimate of drug-likeness (QED) is 0.879. The van der Waals surface area contributed by atoms with E-state index in [0.29, 0.717) is 10.7 Å². The predicted molar refractivity (Wildman–Crippen MR) is 71.9 cm³/mol. The fourth-order valence-corrected chi connectivity index (χ4v) is 2.16. The second-order valence-electron chi connectivity index (χ2n) is 4.38. The molecule has 18 heavy (non-hydrogen) atoms. The molecule has 0 aromatic heterocycles. The van der Waals surface area contributed by atoms with Crippen molar-refractivity contribution in [3.05, 3.63) is 29.3 Å². The standard InChI is InChI=1S/C13H17ClN2O2/c1-9-11(6-7-18-9)15-8-13(17)16-12-5-3-2-4-10(12)14/h2-5,9,11,15H,6-8H2,1H3,(H,16,17). The summed E-state index contributed by atoms with van der Waals surface area (Å²) in [7, 11) is 0. The Labute approximate surface area is 112 Å². The van der Waals surface area contributed by atoms with Gasteiger partial charge in [0.25, 0.3) is 0 Å². The molecule has 0 bridgehead atoms. The van der Waals surface area contributed by atoms with Crippen LogP contribution in [-0.2, 0) is 9.53 Å². The van der Waals surface area contributed by atoms with Gasteiger partial charge in [-0.15, -0.1) is 0 Å². The van der Waals surface area contributed by atoms with E-state index in [1.165, 1.54) is 0 Å². The first-order chi connectivity index (χ1) is 8.66. The zero-order chi connectivity index (χ0) is 13.0. The van der Waals surface area contributed by atoms with E-state index in [0.717, 1.165) is 13.0 Å². The van der Waals surface area contributed by atoms with Crippen molar-refractivity contribution in [3.8, 4) is 0 Å². The third kappa shape index (κ3) is 3.45. The van der Waals surface area contributed by atoms with Gasteiger partial charge in [-0.3, -0.25) is 4.79 Å². The number of para-hydroxylation sites is 1. The number of nitrogens with one attached hydrogen (secondary N) is 2. The largest absolute Gasteiger partial charge is 0.377 e. The van der Waals surface area contributed by atoms with Gasteiger partial charge in [0.1, 0.15) is 0 Å². The van der Waals surface area contributed by atoms with Gasteiger partial charge in [0.2, 0.25) is 5.91 Å². The van der Waals surface area contributed by atoms with Crippen LogP contribution in [0, 0.1) is 0 Å². The number of carbonyl (C=O) groups is 1. The molecule has 0 spiro atoms. The van der Waals surface area contributed by atoms with Gasteiger partial charge < -0.3 is 15.4 Å². The van der Waals surface area contributed by atoms with Crippen LogP contribution in [0.3, 0.4) is 0 Å². The van der Waals surface area contributed by atoms with Crippen LogP contribution in [0.1, 0.15) is 13.3 Å². The van der Waals surface area contributed by atoms with Gasteiger partial charge in [-0.05, 0) is 25.5 Å². The highest BCUT2D eigenvalue weighted by molar-refractivity contribution is 6.33. The third-order valence-corrected chi connectivity index (χ3v) is 3.38. The number of benzene rings is 1. The van der Waals surface area contributed by atoms with Crippen molar-refractivity contribution in [2.75, 3.05) is 18.5 Å². The van der Waals surface area contributed by atoms with E-state index in [-0.39, 0.29) is 24.6 Å². The molecule has 98 valence electrons. The van der Waals surface area contributed by atoms with Gasteiger partial charge in [0.05, 0.1) is 23.4 Å². The molecule has 1 amide bonds. The molecule has 1 aliphatic heterocycles. The summed E-state index contributed by atoms with van der Waals surface area (Å²) in [5.74, 6) is -0.0952. The fraction of sp³-hybridized carbons (Fsp3) is 0.462. The van der Waals surface area contributed by atoms with Crippen molar-refractivity contribution in [1.29, 1.82) is 0 Å². The normalized spacial score (nSPS) is 23.0. The number of hydrogen-bond acceptors (Lipinski definition) is 3. The summed E-state index contributed by atoms with van der Waals surface area (Å²) in [5, 5.41) is 6.51. The summed E-state index contributed by atoms with van der Waals surface area (Å²) in [4.78, 5) is 11.8. The molecular formula is C13H17ClN2O2. The van der Waals surface area contributed by atoms with Gasteiger partial charge in [-0.2, -0.15) is 0 Å². The van der Waals surface area contributed by atoms with E-state index in [1.54, 1.807) is 12.1 Å². The number of rotatable bonds is 4. The Morgan fingerprint density at radius 1 is 1.50 bits per heavy atom. The van der Waals surface area contributed by atoms with Gasteiger partial charge in [0, 0.05) is 12.6 Å². The number of amides is 1. The Morgan fingerprint density at radius 3 is 2.94 bits per heavy atom. The molecule has 2 atom stereocenters. The molecule has 1 aromatic rings. The molecule has 2 unspecified atom stereocenters. The van der Waals surface area contributed by atoms with Crippen molar-refractivity contribution in [1.82, 2.24) is 5.32 Å². The Balaban J connectivity index is 1.80. The molecule has 4 nitrogen and oxygen atoms in total. The maximum Gasteiger partial charge on any atom is 0.238 e. The molecule has 0 radical (unpaired) electrons. The van der Waals surface area contributed by atoms with Crippen molar-refractivity contribution < 1.29 is 9.53 Å². The lowest BCUT2D eigenvalue weighted by atomic mass is 10.1. The van der Waals surface area contributed by atoms with Crippen molar-refractivity contribution in [2.45, 2.75) is 25.5 Å². The van der Waals surface area contributed by atoms with E-state index in [2.05, 4.69) is 10.6 Å². The highest BCUT2D eigenvalue weighted by Gasteiger charge is 2.24. The van der Waals surface area contributed by atoms with Gasteiger partial charge in [-0.25, -0.2) is 0 Å². The van der Waals surface area contributed by atoms with Crippen LogP contribution in [0.4, 0.5) is 5.69 Å². The van der Waals surface area contributed by atoms with Crippen molar-refractivity contribution in [3.63, 3.8) is 0 Å². The second kappa shape index (κ2) is 6.18. The number of halogens is 1. The number of hydrogen-bond donors (Lipinski definition) is 2. The van der Waals surface area contributed by atoms with E-state index in [4.69, 9.17) is 16.3 Å². The summed E-state index contributed by atoms with van der Waals surface area (Å²) in [6, 6.07) is 7.44. The Hall–Kier alpha value is -1.10. The Morgan fingerprint density at radius 2 is 2.28 bits per heavy atom. The van der Waals surface area contributed by atoms with Gasteiger partial charge >= 0.3 is 0 Å². The van der Waals surface area contributed by atoms with Crippen LogP contribution < -0.4 is 10.6 Å². The zero-order valence-electron chi connectivity index (χ0n) is 10.3. The molecule has 1 fully saturated rings. The molecule has 0 saturated carbocycles. The van der Waals surface area contributed by atoms with Gasteiger partial charge in [-0.1, -0.05) is 23.7 Å². The summed E-state index contributed by atoms with van der Waals surface area (Å²) >= 11 is 5.96. The maximum atomic E-state index is 11.8. The monoisotopic (exact) mass is 268 g/mol. The minimum absolute atomic E-state index is 0.0952. The first-order valence-corrected chi connectivity index (χ1v) is 6.44. The van der Waals surface area contributed by atoms with Gasteiger partial charge in [0.15, 0.2) is 0 Å². The second-order valence-corrected chi connectivity index (χ2v) is 4.79. The predicted octanol–water partition coefficient (Wildman–Crippen LogP) is 2.05. The smallest absolute Gasteiger partial charge is 0.238 e. The molecule has 1 saturated heterocycles. The lowest BCUT2D eigenvalue weighted by Gasteiger charge is -2.15. The number of anilines is 1. The van der Waals surface area contributed by atoms with Crippen LogP contribution in [0.25, 0.3) is 0 Å². The highest BCUT2D eigenvalue weighted by atomic mass is 35.5. The lowest BCUT2D eigenvalue weighted by Crippen LogP contribution is -2.39. The molecule has 2 N–H and O–H groups in total. The SMILES string of the molecule is CC1OCCC1NCC(=O)Nc1ccccc1Cl. The van der Waals surface area contributed by atoms with Crippen LogP contribution >= 0.6 is 11.6 Å². The molecule has 1 aromatic carbocycles. The number of carbonyl (C=O) groups excluding carboxylic acids is 1. The average Bonchev–Trinajstić information content (AvgIpc) is 2.75. The third-order valence-electron chi connectivity index (χ3n) is 3.05. The Kier molecular flexibility index (Phi) is 4.58. The lowest BCUT2D eigenvalue weighted by molar-refractivity contribution is -0.115. The molecule has 1 aliphatic rings. The fourth-order valence-electron chi connectivity index (χ4n) is 1.98. The van der Waals surface area contributed by atoms with Crippen LogP contribution in [0.2, 0.25) is 5.02 Å². The van der Waals surface area contributed by atoms with Crippen molar-refractivity contribution in [2.24, 2.45) is 0 Å². The minimum Gasteiger partial charge on any atom is -0.377 e. The van der Waals surface area contributed by atoms with E-state index >= 15 is 0 Å². The first kappa shape index (κ1) is 13.3. The minimum atomic E-state index is -0.0952. The summed E-state index contributed by atoms with van der Waals surface area (Å²) in [5.41, 5.74) is 0.640. The van der Waals surface area contributed by atoms with E-state index < -0.39 is 0 Å². The van der Waals surface area contributed by atoms with Crippen LogP contribution in [0.15, 0.2) is 24.3 Å². The summed E-state index contributed by atoms with van der Waals surface area (Å²) in [6.07, 6.45) is 1.11. The molecule has 1 heterocycles. The van der Waals surface area contributed by atoms with Crippen LogP contribution in [0.5, 0.6) is 0 Å². The Bertz CT molecular complexity index is 425. The summed E-state index contributed by atoms with van der Waals surface area (Å²) < 4.78 is 5.42. The highest BCUT2D eigenvalue weighted by Crippen LogP contribution is 2.20. The zero-order valence-corrected chi connectivity index (χ0v) is 11.0. The van der Waals surface area contributed by atoms with E-state index in [9.17, 15) is 4.79 Å². The molecule has 5 heteroatoms.